The molecule has 0 spiro atoms. The fourth-order valence-corrected chi connectivity index (χ4v) is 3.41. The zero-order valence-electron chi connectivity index (χ0n) is 10.1. The molecular formula is C14H21NOS. The number of hydrogen-bond acceptors (Lipinski definition) is 3. The highest BCUT2D eigenvalue weighted by Crippen LogP contribution is 2.30. The Bertz CT molecular complexity index is 350. The van der Waals surface area contributed by atoms with Gasteiger partial charge in [-0.15, -0.1) is 11.8 Å². The standard InChI is InChI=1S/C14H21NOS/c15-12-6-3-7-14(9-12)17-10-13(16)8-11-4-1-2-5-11/h3,6-7,9,11,13,16H,1-2,4-5,8,10,15H2. The fourth-order valence-electron chi connectivity index (χ4n) is 2.50. The molecule has 1 aromatic rings. The van der Waals surface area contributed by atoms with Crippen LogP contribution in [0, 0.1) is 5.92 Å². The molecule has 3 N–H and O–H groups in total. The molecule has 1 aliphatic rings. The first-order chi connectivity index (χ1) is 8.24. The monoisotopic (exact) mass is 251 g/mol. The summed E-state index contributed by atoms with van der Waals surface area (Å²) in [6.45, 7) is 0. The number of benzene rings is 1. The molecule has 2 nitrogen and oxygen atoms in total. The van der Waals surface area contributed by atoms with Gasteiger partial charge in [-0.1, -0.05) is 31.7 Å². The van der Waals surface area contributed by atoms with Crippen molar-refractivity contribution in [2.24, 2.45) is 5.92 Å². The minimum atomic E-state index is -0.176. The normalized spacial score (nSPS) is 18.4. The number of nitrogens with two attached hydrogens (primary N) is 1. The highest BCUT2D eigenvalue weighted by atomic mass is 32.2. The Morgan fingerprint density at radius 3 is 2.82 bits per heavy atom. The fraction of sp³-hybridized carbons (Fsp3) is 0.571. The number of aliphatic hydroxyl groups is 1. The number of hydrogen-bond donors (Lipinski definition) is 2. The third-order valence-corrected chi connectivity index (χ3v) is 4.52. The van der Waals surface area contributed by atoms with Crippen LogP contribution in [0.1, 0.15) is 32.1 Å². The molecule has 1 unspecified atom stereocenters. The molecular weight excluding hydrogens is 230 g/mol. The van der Waals surface area contributed by atoms with E-state index in [0.717, 1.165) is 28.7 Å². The van der Waals surface area contributed by atoms with Crippen LogP contribution in [0.15, 0.2) is 29.2 Å². The van der Waals surface area contributed by atoms with E-state index in [1.54, 1.807) is 11.8 Å². The zero-order valence-corrected chi connectivity index (χ0v) is 11.0. The summed E-state index contributed by atoms with van der Waals surface area (Å²) in [6, 6.07) is 7.86. The molecule has 1 aliphatic carbocycles. The van der Waals surface area contributed by atoms with Gasteiger partial charge in [0.1, 0.15) is 0 Å². The first-order valence-electron chi connectivity index (χ1n) is 6.40. The van der Waals surface area contributed by atoms with Crippen molar-refractivity contribution in [3.8, 4) is 0 Å². The van der Waals surface area contributed by atoms with Crippen molar-refractivity contribution >= 4 is 17.4 Å². The van der Waals surface area contributed by atoms with E-state index in [1.807, 2.05) is 24.3 Å². The van der Waals surface area contributed by atoms with Gasteiger partial charge < -0.3 is 10.8 Å². The van der Waals surface area contributed by atoms with E-state index in [4.69, 9.17) is 5.73 Å². The Labute approximate surface area is 108 Å². The first kappa shape index (κ1) is 12.8. The Balaban J connectivity index is 1.73. The molecule has 1 fully saturated rings. The Morgan fingerprint density at radius 1 is 1.35 bits per heavy atom. The van der Waals surface area contributed by atoms with Crippen LogP contribution in [-0.2, 0) is 0 Å². The first-order valence-corrected chi connectivity index (χ1v) is 7.39. The summed E-state index contributed by atoms with van der Waals surface area (Å²) < 4.78 is 0. The van der Waals surface area contributed by atoms with E-state index in [1.165, 1.54) is 25.7 Å². The van der Waals surface area contributed by atoms with Crippen LogP contribution in [0.25, 0.3) is 0 Å². The van der Waals surface area contributed by atoms with Gasteiger partial charge in [0.2, 0.25) is 0 Å². The number of anilines is 1. The average Bonchev–Trinajstić information content (AvgIpc) is 2.79. The predicted molar refractivity (Wildman–Crippen MR) is 74.2 cm³/mol. The van der Waals surface area contributed by atoms with E-state index >= 15 is 0 Å². The topological polar surface area (TPSA) is 46.2 Å². The molecule has 1 saturated carbocycles. The lowest BCUT2D eigenvalue weighted by Gasteiger charge is -2.14. The Hall–Kier alpha value is -0.670. The smallest absolute Gasteiger partial charge is 0.0636 e. The maximum absolute atomic E-state index is 9.99. The Kier molecular flexibility index (Phi) is 4.75. The van der Waals surface area contributed by atoms with Gasteiger partial charge in [0.25, 0.3) is 0 Å². The van der Waals surface area contributed by atoms with Crippen LogP contribution in [0.2, 0.25) is 0 Å². The van der Waals surface area contributed by atoms with Crippen molar-refractivity contribution in [1.29, 1.82) is 0 Å². The van der Waals surface area contributed by atoms with Gasteiger partial charge in [-0.25, -0.2) is 0 Å². The third kappa shape index (κ3) is 4.25. The number of rotatable bonds is 5. The van der Waals surface area contributed by atoms with Crippen LogP contribution in [0.4, 0.5) is 5.69 Å². The highest BCUT2D eigenvalue weighted by molar-refractivity contribution is 7.99. The average molecular weight is 251 g/mol. The van der Waals surface area contributed by atoms with Gasteiger partial charge in [-0.2, -0.15) is 0 Å². The van der Waals surface area contributed by atoms with Crippen molar-refractivity contribution in [2.75, 3.05) is 11.5 Å². The summed E-state index contributed by atoms with van der Waals surface area (Å²) in [5, 5.41) is 9.99. The molecule has 0 amide bonds. The summed E-state index contributed by atoms with van der Waals surface area (Å²) in [5.41, 5.74) is 6.51. The van der Waals surface area contributed by atoms with Gasteiger partial charge in [0.05, 0.1) is 6.10 Å². The van der Waals surface area contributed by atoms with Crippen molar-refractivity contribution in [1.82, 2.24) is 0 Å². The highest BCUT2D eigenvalue weighted by Gasteiger charge is 2.18. The lowest BCUT2D eigenvalue weighted by atomic mass is 10.0. The van der Waals surface area contributed by atoms with E-state index in [-0.39, 0.29) is 6.10 Å². The van der Waals surface area contributed by atoms with Crippen LogP contribution >= 0.6 is 11.8 Å². The molecule has 2 rings (SSSR count). The SMILES string of the molecule is Nc1cccc(SCC(O)CC2CCCC2)c1. The Morgan fingerprint density at radius 2 is 2.12 bits per heavy atom. The molecule has 94 valence electrons. The third-order valence-electron chi connectivity index (χ3n) is 3.38. The van der Waals surface area contributed by atoms with Crippen molar-refractivity contribution in [3.05, 3.63) is 24.3 Å². The minimum absolute atomic E-state index is 0.176. The minimum Gasteiger partial charge on any atom is -0.399 e. The van der Waals surface area contributed by atoms with Crippen molar-refractivity contribution in [2.45, 2.75) is 43.1 Å². The molecule has 3 heteroatoms. The van der Waals surface area contributed by atoms with E-state index < -0.39 is 0 Å². The lowest BCUT2D eigenvalue weighted by Crippen LogP contribution is -2.14. The molecule has 0 aromatic heterocycles. The molecule has 1 atom stereocenters. The predicted octanol–water partition coefficient (Wildman–Crippen LogP) is 3.30. The number of thioether (sulfide) groups is 1. The largest absolute Gasteiger partial charge is 0.399 e. The number of nitrogen functional groups attached to an aromatic ring is 1. The molecule has 0 saturated heterocycles. The van der Waals surface area contributed by atoms with E-state index in [0.29, 0.717) is 0 Å². The maximum Gasteiger partial charge on any atom is 0.0636 e. The second-order valence-corrected chi connectivity index (χ2v) is 6.02. The van der Waals surface area contributed by atoms with Crippen LogP contribution < -0.4 is 5.73 Å². The van der Waals surface area contributed by atoms with E-state index in [2.05, 4.69) is 0 Å². The second kappa shape index (κ2) is 6.31. The molecule has 17 heavy (non-hydrogen) atoms. The lowest BCUT2D eigenvalue weighted by molar-refractivity contribution is 0.166. The summed E-state index contributed by atoms with van der Waals surface area (Å²) in [7, 11) is 0. The molecule has 0 heterocycles. The van der Waals surface area contributed by atoms with Crippen molar-refractivity contribution in [3.63, 3.8) is 0 Å². The summed E-state index contributed by atoms with van der Waals surface area (Å²) in [4.78, 5) is 1.15. The molecule has 0 bridgehead atoms. The van der Waals surface area contributed by atoms with Crippen LogP contribution in [0.3, 0.4) is 0 Å². The zero-order chi connectivity index (χ0) is 12.1. The van der Waals surface area contributed by atoms with Gasteiger partial charge in [0.15, 0.2) is 0 Å². The number of aliphatic hydroxyl groups excluding tert-OH is 1. The van der Waals surface area contributed by atoms with Crippen LogP contribution in [-0.4, -0.2) is 17.0 Å². The van der Waals surface area contributed by atoms with Gasteiger partial charge in [0, 0.05) is 16.3 Å². The van der Waals surface area contributed by atoms with Gasteiger partial charge in [-0.3, -0.25) is 0 Å². The summed E-state index contributed by atoms with van der Waals surface area (Å²) in [6.07, 6.45) is 6.10. The molecule has 0 radical (unpaired) electrons. The van der Waals surface area contributed by atoms with Gasteiger partial charge >= 0.3 is 0 Å². The maximum atomic E-state index is 9.99. The van der Waals surface area contributed by atoms with E-state index in [9.17, 15) is 5.11 Å². The van der Waals surface area contributed by atoms with Crippen molar-refractivity contribution < 1.29 is 5.11 Å². The summed E-state index contributed by atoms with van der Waals surface area (Å²) in [5.74, 6) is 1.53. The second-order valence-electron chi connectivity index (χ2n) is 4.92. The molecule has 1 aromatic carbocycles. The quantitative estimate of drug-likeness (QED) is 0.623. The van der Waals surface area contributed by atoms with Crippen LogP contribution in [0.5, 0.6) is 0 Å². The summed E-state index contributed by atoms with van der Waals surface area (Å²) >= 11 is 1.70. The van der Waals surface area contributed by atoms with Gasteiger partial charge in [-0.05, 0) is 30.5 Å². The molecule has 0 aliphatic heterocycles.